The molecule has 238 valence electrons. The molecule has 3 rings (SSSR count). The van der Waals surface area contributed by atoms with Gasteiger partial charge < -0.3 is 24.8 Å². The van der Waals surface area contributed by atoms with E-state index >= 15 is 0 Å². The summed E-state index contributed by atoms with van der Waals surface area (Å²) >= 11 is 6.23. The second-order valence-corrected chi connectivity index (χ2v) is 10.4. The molecule has 1 atom stereocenters. The Kier molecular flexibility index (Phi) is 11.1. The molecule has 0 aromatic carbocycles. The highest BCUT2D eigenvalue weighted by Crippen LogP contribution is 2.25. The first kappa shape index (κ1) is 34.0. The molecule has 0 fully saturated rings. The van der Waals surface area contributed by atoms with Crippen LogP contribution in [0.25, 0.3) is 11.0 Å². The number of allylic oxidation sites excluding steroid dienone is 1. The molecule has 2 N–H and O–H groups in total. The fourth-order valence-electron chi connectivity index (χ4n) is 3.80. The fraction of sp³-hybridized carbons (Fsp3) is 0.407. The van der Waals surface area contributed by atoms with Gasteiger partial charge in [-0.1, -0.05) is 17.7 Å². The number of halogens is 5. The van der Waals surface area contributed by atoms with Gasteiger partial charge in [-0.25, -0.2) is 14.2 Å². The van der Waals surface area contributed by atoms with Crippen molar-refractivity contribution >= 4 is 46.2 Å². The van der Waals surface area contributed by atoms with Gasteiger partial charge in [0.25, 0.3) is 11.5 Å². The second kappa shape index (κ2) is 14.3. The van der Waals surface area contributed by atoms with E-state index in [1.807, 2.05) is 0 Å². The van der Waals surface area contributed by atoms with E-state index in [-0.39, 0.29) is 58.7 Å². The number of nitrogens with zero attached hydrogens (tertiary/aromatic N) is 5. The Balaban J connectivity index is 1.84. The van der Waals surface area contributed by atoms with Crippen molar-refractivity contribution in [1.29, 1.82) is 0 Å². The van der Waals surface area contributed by atoms with Gasteiger partial charge in [-0.15, -0.1) is 0 Å². The Morgan fingerprint density at radius 3 is 2.52 bits per heavy atom. The first-order valence-electron chi connectivity index (χ1n) is 13.1. The van der Waals surface area contributed by atoms with Crippen molar-refractivity contribution in [2.45, 2.75) is 44.5 Å². The molecule has 3 aromatic heterocycles. The average molecular weight is 644 g/mol. The Morgan fingerprint density at radius 1 is 1.18 bits per heavy atom. The van der Waals surface area contributed by atoms with Crippen LogP contribution in [0, 0.1) is 5.82 Å². The maximum atomic E-state index is 14.4. The van der Waals surface area contributed by atoms with E-state index in [0.717, 1.165) is 15.7 Å². The van der Waals surface area contributed by atoms with Crippen molar-refractivity contribution in [1.82, 2.24) is 29.3 Å². The highest BCUT2D eigenvalue weighted by atomic mass is 35.5. The number of hydrogen-bond donors (Lipinski definition) is 2. The smallest absolute Gasteiger partial charge is 0.410 e. The minimum absolute atomic E-state index is 0.00974. The molecule has 0 unspecified atom stereocenters. The van der Waals surface area contributed by atoms with E-state index in [1.54, 1.807) is 14.1 Å². The summed E-state index contributed by atoms with van der Waals surface area (Å²) in [7, 11) is 5.98. The summed E-state index contributed by atoms with van der Waals surface area (Å²) < 4.78 is 58.9. The van der Waals surface area contributed by atoms with Crippen LogP contribution < -0.4 is 10.9 Å². The summed E-state index contributed by atoms with van der Waals surface area (Å²) in [6.45, 7) is -0.363. The lowest BCUT2D eigenvalue weighted by Crippen LogP contribution is -2.37. The van der Waals surface area contributed by atoms with Gasteiger partial charge in [-0.05, 0) is 31.1 Å². The number of aryl methyl sites for hydroxylation is 1. The van der Waals surface area contributed by atoms with Gasteiger partial charge in [0, 0.05) is 41.0 Å². The van der Waals surface area contributed by atoms with E-state index in [2.05, 4.69) is 20.3 Å². The summed E-state index contributed by atoms with van der Waals surface area (Å²) in [4.78, 5) is 63.3. The van der Waals surface area contributed by atoms with Crippen molar-refractivity contribution < 1.29 is 36.7 Å². The van der Waals surface area contributed by atoms with Crippen LogP contribution in [0.3, 0.4) is 0 Å². The number of fused-ring (bicyclic) bond motifs is 1. The molecule has 0 saturated heterocycles. The maximum Gasteiger partial charge on any atom is 0.410 e. The SMILES string of the molecule is CN(C)C(=O)/C=C/CC[C@H](OC(=O)N(C)C)C(=O)Nc1ccc(Cl)n(Cc2nc3c(F)cnc(CCC(F)(F)F)c3[nH]2)c1=O. The molecule has 17 heteroatoms. The van der Waals surface area contributed by atoms with Crippen LogP contribution in [-0.2, 0) is 27.3 Å². The van der Waals surface area contributed by atoms with Gasteiger partial charge in [-0.2, -0.15) is 13.2 Å². The van der Waals surface area contributed by atoms with Gasteiger partial charge in [0.05, 0.1) is 24.0 Å². The number of anilines is 1. The molecule has 0 aliphatic heterocycles. The molecule has 12 nitrogen and oxygen atoms in total. The molecule has 3 aromatic rings. The number of nitrogens with one attached hydrogen (secondary N) is 2. The van der Waals surface area contributed by atoms with Gasteiger partial charge >= 0.3 is 12.3 Å². The van der Waals surface area contributed by atoms with E-state index in [0.29, 0.717) is 0 Å². The summed E-state index contributed by atoms with van der Waals surface area (Å²) in [5.74, 6) is -2.00. The molecule has 0 aliphatic rings. The molecule has 3 heterocycles. The number of ether oxygens (including phenoxy) is 1. The molecule has 0 saturated carbocycles. The number of imidazole rings is 1. The first-order chi connectivity index (χ1) is 20.6. The van der Waals surface area contributed by atoms with Crippen LogP contribution in [0.1, 0.15) is 30.8 Å². The Hall–Kier alpha value is -4.47. The quantitative estimate of drug-likeness (QED) is 0.183. The number of aromatic amines is 1. The number of carbonyl (C=O) groups is 3. The zero-order chi connectivity index (χ0) is 32.8. The van der Waals surface area contributed by atoms with Gasteiger partial charge in [0.15, 0.2) is 11.9 Å². The Bertz CT molecular complexity index is 1620. The standard InChI is InChI=1S/C27H30ClF4N7O5/c1-37(2)21(40)8-6-5-7-18(44-26(43)38(3)4)24(41)34-17-9-10-19(28)39(25(17)42)14-20-35-22-15(29)13-33-16(23(22)36-20)11-12-27(30,31)32/h6,8-10,13,18H,5,7,11-12,14H2,1-4H3,(H,34,41)(H,35,36)/b8-6+/t18-/m0/s1. The van der Waals surface area contributed by atoms with Crippen molar-refractivity contribution in [3.63, 3.8) is 0 Å². The predicted octanol–water partition coefficient (Wildman–Crippen LogP) is 3.89. The monoisotopic (exact) mass is 643 g/mol. The lowest BCUT2D eigenvalue weighted by Gasteiger charge is -2.20. The van der Waals surface area contributed by atoms with E-state index in [4.69, 9.17) is 16.3 Å². The number of H-pyrrole nitrogens is 1. The topological polar surface area (TPSA) is 143 Å². The largest absolute Gasteiger partial charge is 0.436 e. The fourth-order valence-corrected chi connectivity index (χ4v) is 4.00. The van der Waals surface area contributed by atoms with Crippen LogP contribution in [-0.4, -0.2) is 87.7 Å². The number of carbonyl (C=O) groups excluding carboxylic acids is 3. The van der Waals surface area contributed by atoms with Crippen LogP contribution in [0.15, 0.2) is 35.3 Å². The van der Waals surface area contributed by atoms with Gasteiger partial charge in [-0.3, -0.25) is 23.9 Å². The number of amides is 3. The van der Waals surface area contributed by atoms with Crippen molar-refractivity contribution in [3.05, 3.63) is 63.3 Å². The molecule has 0 aliphatic carbocycles. The molecule has 0 spiro atoms. The molecular weight excluding hydrogens is 614 g/mol. The summed E-state index contributed by atoms with van der Waals surface area (Å²) in [5.41, 5.74) is -1.40. The Morgan fingerprint density at radius 2 is 1.89 bits per heavy atom. The molecule has 0 bridgehead atoms. The second-order valence-electron chi connectivity index (χ2n) is 10.0. The third-order valence-corrected chi connectivity index (χ3v) is 6.46. The summed E-state index contributed by atoms with van der Waals surface area (Å²) in [6.07, 6.45) is -4.55. The lowest BCUT2D eigenvalue weighted by molar-refractivity contribution is -0.134. The minimum Gasteiger partial charge on any atom is -0.436 e. The Labute approximate surface area is 253 Å². The van der Waals surface area contributed by atoms with Crippen LogP contribution in [0.2, 0.25) is 5.15 Å². The number of alkyl halides is 3. The number of rotatable bonds is 11. The van der Waals surface area contributed by atoms with Gasteiger partial charge in [0.2, 0.25) is 5.91 Å². The number of likely N-dealkylation sites (N-methyl/N-ethyl adjacent to an activating group) is 1. The van der Waals surface area contributed by atoms with Crippen molar-refractivity contribution in [3.8, 4) is 0 Å². The van der Waals surface area contributed by atoms with E-state index in [9.17, 15) is 36.7 Å². The number of aromatic nitrogens is 4. The normalized spacial score (nSPS) is 12.4. The van der Waals surface area contributed by atoms with Crippen molar-refractivity contribution in [2.24, 2.45) is 0 Å². The third kappa shape index (κ3) is 9.02. The summed E-state index contributed by atoms with van der Waals surface area (Å²) in [6, 6.07) is 2.53. The lowest BCUT2D eigenvalue weighted by atomic mass is 10.1. The van der Waals surface area contributed by atoms with Crippen molar-refractivity contribution in [2.75, 3.05) is 33.5 Å². The van der Waals surface area contributed by atoms with E-state index in [1.165, 1.54) is 43.3 Å². The zero-order valence-corrected chi connectivity index (χ0v) is 24.9. The maximum absolute atomic E-state index is 14.4. The molecule has 3 amide bonds. The number of hydrogen-bond acceptors (Lipinski definition) is 7. The van der Waals surface area contributed by atoms with Crippen LogP contribution >= 0.6 is 11.6 Å². The zero-order valence-electron chi connectivity index (χ0n) is 24.2. The molecule has 44 heavy (non-hydrogen) atoms. The van der Waals surface area contributed by atoms with Crippen LogP contribution in [0.5, 0.6) is 0 Å². The van der Waals surface area contributed by atoms with Gasteiger partial charge in [0.1, 0.15) is 22.2 Å². The average Bonchev–Trinajstić information content (AvgIpc) is 3.37. The first-order valence-corrected chi connectivity index (χ1v) is 13.5. The highest BCUT2D eigenvalue weighted by molar-refractivity contribution is 6.29. The molecule has 0 radical (unpaired) electrons. The predicted molar refractivity (Wildman–Crippen MR) is 153 cm³/mol. The highest BCUT2D eigenvalue weighted by Gasteiger charge is 2.28. The molecular formula is C27H30ClF4N7O5. The van der Waals surface area contributed by atoms with E-state index < -0.39 is 48.5 Å². The number of pyridine rings is 2. The minimum atomic E-state index is -4.46. The summed E-state index contributed by atoms with van der Waals surface area (Å²) in [5, 5.41) is 2.33. The van der Waals surface area contributed by atoms with Crippen LogP contribution in [0.4, 0.5) is 28.0 Å². The third-order valence-electron chi connectivity index (χ3n) is 6.13.